The fourth-order valence-corrected chi connectivity index (χ4v) is 2.18. The highest BCUT2D eigenvalue weighted by molar-refractivity contribution is 4.79. The molecule has 78 valence electrons. The minimum Gasteiger partial charge on any atom is -0.295 e. The molecule has 0 N–H and O–H groups in total. The third-order valence-electron chi connectivity index (χ3n) is 2.81. The molecule has 0 aromatic rings. The summed E-state index contributed by atoms with van der Waals surface area (Å²) in [6, 6.07) is 0.378. The monoisotopic (exact) mass is 191 g/mol. The third kappa shape index (κ3) is 3.22. The first kappa shape index (κ1) is 10.9. The Kier molecular flexibility index (Phi) is 4.10. The SMILES string of the molecule is CC(C)C1CCCCN1CC(F)F. The molecule has 1 heterocycles. The van der Waals surface area contributed by atoms with E-state index in [1.807, 2.05) is 4.90 Å². The lowest BCUT2D eigenvalue weighted by atomic mass is 9.93. The summed E-state index contributed by atoms with van der Waals surface area (Å²) in [5.74, 6) is 0.499. The summed E-state index contributed by atoms with van der Waals surface area (Å²) in [6.45, 7) is 5.05. The zero-order valence-electron chi connectivity index (χ0n) is 8.47. The van der Waals surface area contributed by atoms with Crippen molar-refractivity contribution in [3.05, 3.63) is 0 Å². The molecule has 0 saturated carbocycles. The van der Waals surface area contributed by atoms with Crippen LogP contribution < -0.4 is 0 Å². The summed E-state index contributed by atoms with van der Waals surface area (Å²) < 4.78 is 24.4. The van der Waals surface area contributed by atoms with Crippen LogP contribution in [-0.2, 0) is 0 Å². The summed E-state index contributed by atoms with van der Waals surface area (Å²) in [5.41, 5.74) is 0. The zero-order valence-corrected chi connectivity index (χ0v) is 8.47. The Morgan fingerprint density at radius 1 is 1.31 bits per heavy atom. The second kappa shape index (κ2) is 4.89. The van der Waals surface area contributed by atoms with Crippen LogP contribution in [0, 0.1) is 5.92 Å². The highest BCUT2D eigenvalue weighted by Crippen LogP contribution is 2.23. The van der Waals surface area contributed by atoms with Gasteiger partial charge in [0.15, 0.2) is 0 Å². The maximum absolute atomic E-state index is 12.2. The van der Waals surface area contributed by atoms with E-state index in [1.165, 1.54) is 6.42 Å². The van der Waals surface area contributed by atoms with Crippen molar-refractivity contribution in [2.75, 3.05) is 13.1 Å². The molecule has 1 unspecified atom stereocenters. The first-order chi connectivity index (χ1) is 6.11. The molecule has 1 nitrogen and oxygen atoms in total. The Hall–Kier alpha value is -0.180. The molecule has 3 heteroatoms. The van der Waals surface area contributed by atoms with Crippen LogP contribution >= 0.6 is 0 Å². The minimum atomic E-state index is -2.18. The summed E-state index contributed by atoms with van der Waals surface area (Å²) in [4.78, 5) is 1.96. The van der Waals surface area contributed by atoms with E-state index in [-0.39, 0.29) is 6.54 Å². The molecule has 1 rings (SSSR count). The van der Waals surface area contributed by atoms with Crippen molar-refractivity contribution < 1.29 is 8.78 Å². The zero-order chi connectivity index (χ0) is 9.84. The molecule has 0 aromatic carbocycles. The van der Waals surface area contributed by atoms with Crippen molar-refractivity contribution in [3.63, 3.8) is 0 Å². The highest BCUT2D eigenvalue weighted by Gasteiger charge is 2.26. The maximum atomic E-state index is 12.2. The molecular formula is C10H19F2N. The molecule has 1 aliphatic rings. The smallest absolute Gasteiger partial charge is 0.251 e. The Morgan fingerprint density at radius 3 is 2.54 bits per heavy atom. The molecule has 0 aromatic heterocycles. The number of halogens is 2. The van der Waals surface area contributed by atoms with Crippen LogP contribution in [0.5, 0.6) is 0 Å². The van der Waals surface area contributed by atoms with Crippen molar-refractivity contribution in [1.29, 1.82) is 0 Å². The third-order valence-corrected chi connectivity index (χ3v) is 2.81. The molecule has 1 aliphatic heterocycles. The fraction of sp³-hybridized carbons (Fsp3) is 1.00. The predicted molar refractivity (Wildman–Crippen MR) is 50.1 cm³/mol. The second-order valence-electron chi connectivity index (χ2n) is 4.19. The van der Waals surface area contributed by atoms with Gasteiger partial charge in [-0.15, -0.1) is 0 Å². The summed E-state index contributed by atoms with van der Waals surface area (Å²) in [5, 5.41) is 0. The Labute approximate surface area is 79.1 Å². The Balaban J connectivity index is 2.46. The van der Waals surface area contributed by atoms with Crippen LogP contribution in [0.15, 0.2) is 0 Å². The molecule has 0 spiro atoms. The van der Waals surface area contributed by atoms with Gasteiger partial charge < -0.3 is 0 Å². The standard InChI is InChI=1S/C10H19F2N/c1-8(2)9-5-3-4-6-13(9)7-10(11)12/h8-10H,3-7H2,1-2H3. The number of alkyl halides is 2. The normalized spacial score (nSPS) is 25.8. The highest BCUT2D eigenvalue weighted by atomic mass is 19.3. The van der Waals surface area contributed by atoms with Crippen LogP contribution in [-0.4, -0.2) is 30.5 Å². The van der Waals surface area contributed by atoms with Gasteiger partial charge in [-0.25, -0.2) is 8.78 Å². The number of nitrogens with zero attached hydrogens (tertiary/aromatic N) is 1. The number of piperidine rings is 1. The van der Waals surface area contributed by atoms with Crippen LogP contribution in [0.25, 0.3) is 0 Å². The van der Waals surface area contributed by atoms with E-state index >= 15 is 0 Å². The number of likely N-dealkylation sites (tertiary alicyclic amines) is 1. The van der Waals surface area contributed by atoms with Crippen molar-refractivity contribution in [3.8, 4) is 0 Å². The molecule has 1 atom stereocenters. The maximum Gasteiger partial charge on any atom is 0.251 e. The van der Waals surface area contributed by atoms with Crippen LogP contribution in [0.3, 0.4) is 0 Å². The Bertz CT molecular complexity index is 148. The molecule has 0 radical (unpaired) electrons. The van der Waals surface area contributed by atoms with Gasteiger partial charge in [-0.1, -0.05) is 20.3 Å². The van der Waals surface area contributed by atoms with E-state index in [4.69, 9.17) is 0 Å². The van der Waals surface area contributed by atoms with Gasteiger partial charge >= 0.3 is 0 Å². The first-order valence-electron chi connectivity index (χ1n) is 5.13. The lowest BCUT2D eigenvalue weighted by Gasteiger charge is -2.37. The van der Waals surface area contributed by atoms with Gasteiger partial charge in [-0.2, -0.15) is 0 Å². The van der Waals surface area contributed by atoms with Crippen molar-refractivity contribution >= 4 is 0 Å². The fourth-order valence-electron chi connectivity index (χ4n) is 2.18. The van der Waals surface area contributed by atoms with Crippen LogP contribution in [0.4, 0.5) is 8.78 Å². The van der Waals surface area contributed by atoms with E-state index in [0.29, 0.717) is 12.0 Å². The molecule has 0 bridgehead atoms. The summed E-state index contributed by atoms with van der Waals surface area (Å²) >= 11 is 0. The topological polar surface area (TPSA) is 3.24 Å². The number of hydrogen-bond acceptors (Lipinski definition) is 1. The van der Waals surface area contributed by atoms with Gasteiger partial charge in [-0.05, 0) is 25.3 Å². The first-order valence-corrected chi connectivity index (χ1v) is 5.13. The van der Waals surface area contributed by atoms with Gasteiger partial charge in [0.25, 0.3) is 6.43 Å². The predicted octanol–water partition coefficient (Wildman–Crippen LogP) is 2.76. The van der Waals surface area contributed by atoms with Crippen molar-refractivity contribution in [2.45, 2.75) is 45.6 Å². The minimum absolute atomic E-state index is 0.0388. The average Bonchev–Trinajstić information content (AvgIpc) is 2.03. The van der Waals surface area contributed by atoms with E-state index in [1.54, 1.807) is 0 Å². The van der Waals surface area contributed by atoms with E-state index in [0.717, 1.165) is 19.4 Å². The summed E-state index contributed by atoms with van der Waals surface area (Å²) in [6.07, 6.45) is 1.18. The average molecular weight is 191 g/mol. The quantitative estimate of drug-likeness (QED) is 0.663. The van der Waals surface area contributed by atoms with Gasteiger partial charge in [0.1, 0.15) is 0 Å². The molecular weight excluding hydrogens is 172 g/mol. The van der Waals surface area contributed by atoms with Gasteiger partial charge in [0.2, 0.25) is 0 Å². The summed E-state index contributed by atoms with van der Waals surface area (Å²) in [7, 11) is 0. The Morgan fingerprint density at radius 2 is 2.00 bits per heavy atom. The van der Waals surface area contributed by atoms with Gasteiger partial charge in [0, 0.05) is 6.04 Å². The van der Waals surface area contributed by atoms with Gasteiger partial charge in [0.05, 0.1) is 6.54 Å². The van der Waals surface area contributed by atoms with Crippen LogP contribution in [0.1, 0.15) is 33.1 Å². The molecule has 0 amide bonds. The van der Waals surface area contributed by atoms with E-state index in [9.17, 15) is 8.78 Å². The largest absolute Gasteiger partial charge is 0.295 e. The molecule has 0 aliphatic carbocycles. The van der Waals surface area contributed by atoms with Gasteiger partial charge in [-0.3, -0.25) is 4.90 Å². The van der Waals surface area contributed by atoms with Crippen molar-refractivity contribution in [2.24, 2.45) is 5.92 Å². The number of rotatable bonds is 3. The van der Waals surface area contributed by atoms with Crippen LogP contribution in [0.2, 0.25) is 0 Å². The van der Waals surface area contributed by atoms with Crippen molar-refractivity contribution in [1.82, 2.24) is 4.90 Å². The lowest BCUT2D eigenvalue weighted by molar-refractivity contribution is 0.0344. The second-order valence-corrected chi connectivity index (χ2v) is 4.19. The number of hydrogen-bond donors (Lipinski definition) is 0. The van der Waals surface area contributed by atoms with E-state index in [2.05, 4.69) is 13.8 Å². The lowest BCUT2D eigenvalue weighted by Crippen LogP contribution is -2.44. The molecule has 1 saturated heterocycles. The molecule has 13 heavy (non-hydrogen) atoms. The van der Waals surface area contributed by atoms with E-state index < -0.39 is 6.43 Å². The molecule has 1 fully saturated rings.